The van der Waals surface area contributed by atoms with E-state index in [1.165, 1.54) is 25.7 Å². The molecule has 1 aliphatic rings. The third-order valence-electron chi connectivity index (χ3n) is 4.09. The zero-order valence-electron chi connectivity index (χ0n) is 12.6. The Kier molecular flexibility index (Phi) is 5.37. The molecule has 1 aromatic rings. The molecule has 0 unspecified atom stereocenters. The summed E-state index contributed by atoms with van der Waals surface area (Å²) in [6.45, 7) is 9.72. The normalized spacial score (nSPS) is 24.0. The van der Waals surface area contributed by atoms with Crippen LogP contribution in [0.2, 0.25) is 0 Å². The van der Waals surface area contributed by atoms with E-state index in [1.54, 1.807) is 6.33 Å². The van der Waals surface area contributed by atoms with Crippen LogP contribution in [0.3, 0.4) is 0 Å². The molecule has 19 heavy (non-hydrogen) atoms. The summed E-state index contributed by atoms with van der Waals surface area (Å²) in [6.07, 6.45) is 7.23. The highest BCUT2D eigenvalue weighted by atomic mass is 15.3. The van der Waals surface area contributed by atoms with Gasteiger partial charge in [-0.05, 0) is 37.1 Å². The number of nitrogens with zero attached hydrogens (tertiary/aromatic N) is 3. The average molecular weight is 264 g/mol. The summed E-state index contributed by atoms with van der Waals surface area (Å²) in [5, 5.41) is 7.86. The van der Waals surface area contributed by atoms with E-state index in [-0.39, 0.29) is 0 Å². The molecule has 1 aliphatic carbocycles. The molecule has 1 saturated carbocycles. The maximum absolute atomic E-state index is 4.35. The molecule has 1 aromatic heterocycles. The second-order valence-electron chi connectivity index (χ2n) is 6.51. The minimum atomic E-state index is 0.611. The van der Waals surface area contributed by atoms with Crippen LogP contribution in [0.5, 0.6) is 0 Å². The van der Waals surface area contributed by atoms with Gasteiger partial charge in [0, 0.05) is 6.54 Å². The lowest BCUT2D eigenvalue weighted by molar-refractivity contribution is 0.280. The maximum Gasteiger partial charge on any atom is 0.140 e. The zero-order valence-corrected chi connectivity index (χ0v) is 12.6. The first kappa shape index (κ1) is 14.5. The fourth-order valence-corrected chi connectivity index (χ4v) is 2.84. The van der Waals surface area contributed by atoms with E-state index in [4.69, 9.17) is 0 Å². The van der Waals surface area contributed by atoms with Crippen LogP contribution < -0.4 is 5.32 Å². The van der Waals surface area contributed by atoms with Gasteiger partial charge in [-0.2, -0.15) is 5.10 Å². The molecule has 1 N–H and O–H groups in total. The van der Waals surface area contributed by atoms with Crippen molar-refractivity contribution in [1.29, 1.82) is 0 Å². The summed E-state index contributed by atoms with van der Waals surface area (Å²) in [4.78, 5) is 4.35. The average Bonchev–Trinajstić information content (AvgIpc) is 2.78. The molecule has 0 atom stereocenters. The lowest BCUT2D eigenvalue weighted by atomic mass is 9.83. The summed E-state index contributed by atoms with van der Waals surface area (Å²) < 4.78 is 2.03. The molecule has 0 amide bonds. The highest BCUT2D eigenvalue weighted by molar-refractivity contribution is 4.84. The quantitative estimate of drug-likeness (QED) is 0.859. The molecule has 0 saturated heterocycles. The van der Waals surface area contributed by atoms with Crippen LogP contribution in [0.4, 0.5) is 0 Å². The molecular formula is C15H28N4. The van der Waals surface area contributed by atoms with Crippen LogP contribution in [0.1, 0.15) is 52.3 Å². The maximum atomic E-state index is 4.35. The summed E-state index contributed by atoms with van der Waals surface area (Å²) in [7, 11) is 0. The largest absolute Gasteiger partial charge is 0.310 e. The fraction of sp³-hybridized carbons (Fsp3) is 0.867. The zero-order chi connectivity index (χ0) is 13.7. The van der Waals surface area contributed by atoms with E-state index < -0.39 is 0 Å². The van der Waals surface area contributed by atoms with Gasteiger partial charge in [0.1, 0.15) is 12.2 Å². The van der Waals surface area contributed by atoms with E-state index >= 15 is 0 Å². The van der Waals surface area contributed by atoms with Crippen molar-refractivity contribution in [1.82, 2.24) is 20.1 Å². The smallest absolute Gasteiger partial charge is 0.140 e. The Balaban J connectivity index is 1.72. The van der Waals surface area contributed by atoms with E-state index in [0.29, 0.717) is 5.92 Å². The second kappa shape index (κ2) is 7.04. The highest BCUT2D eigenvalue weighted by Gasteiger charge is 2.17. The van der Waals surface area contributed by atoms with Crippen LogP contribution in [0.15, 0.2) is 6.33 Å². The van der Waals surface area contributed by atoms with Crippen LogP contribution in [0, 0.1) is 17.8 Å². The SMILES string of the molecule is CC(C)Cn1ncnc1CNCC1CCC(C)CC1. The number of rotatable bonds is 6. The van der Waals surface area contributed by atoms with E-state index in [0.717, 1.165) is 37.3 Å². The topological polar surface area (TPSA) is 42.7 Å². The van der Waals surface area contributed by atoms with Crippen molar-refractivity contribution in [3.63, 3.8) is 0 Å². The Hall–Kier alpha value is -0.900. The van der Waals surface area contributed by atoms with Crippen LogP contribution in [0.25, 0.3) is 0 Å². The van der Waals surface area contributed by atoms with E-state index in [1.807, 2.05) is 4.68 Å². The standard InChI is InChI=1S/C15H28N4/c1-12(2)10-19-15(17-11-18-19)9-16-8-14-6-4-13(3)5-7-14/h11-14,16H,4-10H2,1-3H3. The first-order chi connectivity index (χ1) is 9.15. The first-order valence-corrected chi connectivity index (χ1v) is 7.72. The number of aromatic nitrogens is 3. The third-order valence-corrected chi connectivity index (χ3v) is 4.09. The second-order valence-corrected chi connectivity index (χ2v) is 6.51. The lowest BCUT2D eigenvalue weighted by Crippen LogP contribution is -2.27. The Morgan fingerprint density at radius 2 is 2.05 bits per heavy atom. The van der Waals surface area contributed by atoms with Crippen LogP contribution >= 0.6 is 0 Å². The Labute approximate surface area is 117 Å². The van der Waals surface area contributed by atoms with Crippen LogP contribution in [-0.2, 0) is 13.1 Å². The Morgan fingerprint density at radius 3 is 2.74 bits per heavy atom. The van der Waals surface area contributed by atoms with Gasteiger partial charge in [0.2, 0.25) is 0 Å². The predicted octanol–water partition coefficient (Wildman–Crippen LogP) is 2.85. The van der Waals surface area contributed by atoms with Gasteiger partial charge in [0.15, 0.2) is 0 Å². The molecule has 1 heterocycles. The number of hydrogen-bond acceptors (Lipinski definition) is 3. The van der Waals surface area contributed by atoms with Gasteiger partial charge in [0.05, 0.1) is 6.54 Å². The lowest BCUT2D eigenvalue weighted by Gasteiger charge is -2.26. The van der Waals surface area contributed by atoms with Gasteiger partial charge in [-0.3, -0.25) is 0 Å². The molecule has 0 aliphatic heterocycles. The van der Waals surface area contributed by atoms with Gasteiger partial charge in [0.25, 0.3) is 0 Å². The van der Waals surface area contributed by atoms with Crippen molar-refractivity contribution < 1.29 is 0 Å². The molecule has 108 valence electrons. The number of hydrogen-bond donors (Lipinski definition) is 1. The van der Waals surface area contributed by atoms with Crippen molar-refractivity contribution in [2.24, 2.45) is 17.8 Å². The molecule has 4 nitrogen and oxygen atoms in total. The van der Waals surface area contributed by atoms with Gasteiger partial charge in [-0.25, -0.2) is 9.67 Å². The first-order valence-electron chi connectivity index (χ1n) is 7.72. The van der Waals surface area contributed by atoms with Crippen molar-refractivity contribution in [3.05, 3.63) is 12.2 Å². The van der Waals surface area contributed by atoms with Crippen LogP contribution in [-0.4, -0.2) is 21.3 Å². The summed E-state index contributed by atoms with van der Waals surface area (Å²) in [5.41, 5.74) is 0. The molecule has 1 fully saturated rings. The minimum absolute atomic E-state index is 0.611. The predicted molar refractivity (Wildman–Crippen MR) is 77.7 cm³/mol. The molecule has 2 rings (SSSR count). The molecule has 0 spiro atoms. The monoisotopic (exact) mass is 264 g/mol. The van der Waals surface area contributed by atoms with Crippen molar-refractivity contribution in [3.8, 4) is 0 Å². The van der Waals surface area contributed by atoms with Gasteiger partial charge in [-0.15, -0.1) is 0 Å². The van der Waals surface area contributed by atoms with E-state index in [9.17, 15) is 0 Å². The van der Waals surface area contributed by atoms with Crippen molar-refractivity contribution >= 4 is 0 Å². The Bertz CT molecular complexity index is 364. The van der Waals surface area contributed by atoms with Gasteiger partial charge < -0.3 is 5.32 Å². The molecule has 0 bridgehead atoms. The summed E-state index contributed by atoms with van der Waals surface area (Å²) in [6, 6.07) is 0. The summed E-state index contributed by atoms with van der Waals surface area (Å²) in [5.74, 6) is 3.47. The van der Waals surface area contributed by atoms with Gasteiger partial charge in [-0.1, -0.05) is 33.6 Å². The molecule has 4 heteroatoms. The highest BCUT2D eigenvalue weighted by Crippen LogP contribution is 2.27. The molecule has 0 aromatic carbocycles. The fourth-order valence-electron chi connectivity index (χ4n) is 2.84. The molecule has 0 radical (unpaired) electrons. The Morgan fingerprint density at radius 1 is 1.32 bits per heavy atom. The number of nitrogens with one attached hydrogen (secondary N) is 1. The summed E-state index contributed by atoms with van der Waals surface area (Å²) >= 11 is 0. The minimum Gasteiger partial charge on any atom is -0.310 e. The molecular weight excluding hydrogens is 236 g/mol. The van der Waals surface area contributed by atoms with Crippen molar-refractivity contribution in [2.75, 3.05) is 6.54 Å². The third kappa shape index (κ3) is 4.60. The van der Waals surface area contributed by atoms with Gasteiger partial charge >= 0.3 is 0 Å². The van der Waals surface area contributed by atoms with E-state index in [2.05, 4.69) is 36.2 Å². The van der Waals surface area contributed by atoms with Crippen molar-refractivity contribution in [2.45, 2.75) is 59.5 Å².